The third-order valence-corrected chi connectivity index (χ3v) is 3.84. The number of aryl methyl sites for hydroxylation is 1. The van der Waals surface area contributed by atoms with Gasteiger partial charge in [-0.2, -0.15) is 0 Å². The molecule has 0 amide bonds. The van der Waals surface area contributed by atoms with E-state index in [4.69, 9.17) is 0 Å². The summed E-state index contributed by atoms with van der Waals surface area (Å²) in [4.78, 5) is 2.45. The van der Waals surface area contributed by atoms with Crippen molar-refractivity contribution in [2.75, 3.05) is 13.6 Å². The van der Waals surface area contributed by atoms with Gasteiger partial charge in [0, 0.05) is 12.6 Å². The lowest BCUT2D eigenvalue weighted by molar-refractivity contribution is 0.213. The largest absolute Gasteiger partial charge is 0.508 e. The molecule has 0 aliphatic carbocycles. The van der Waals surface area contributed by atoms with Crippen LogP contribution in [-0.4, -0.2) is 29.6 Å². The Bertz CT molecular complexity index is 333. The van der Waals surface area contributed by atoms with Crippen LogP contribution in [0.1, 0.15) is 39.2 Å². The number of nitrogens with zero attached hydrogens (tertiary/aromatic N) is 1. The molecule has 0 aliphatic heterocycles. The van der Waals surface area contributed by atoms with E-state index < -0.39 is 0 Å². The summed E-state index contributed by atoms with van der Waals surface area (Å²) in [5.41, 5.74) is 1.30. The molecule has 2 unspecified atom stereocenters. The van der Waals surface area contributed by atoms with Crippen LogP contribution >= 0.6 is 0 Å². The van der Waals surface area contributed by atoms with Gasteiger partial charge >= 0.3 is 0 Å². The molecule has 2 atom stereocenters. The normalized spacial score (nSPS) is 14.7. The van der Waals surface area contributed by atoms with Crippen LogP contribution in [-0.2, 0) is 6.42 Å². The Hall–Kier alpha value is -1.02. The van der Waals surface area contributed by atoms with Crippen LogP contribution in [0.25, 0.3) is 0 Å². The van der Waals surface area contributed by atoms with Gasteiger partial charge in [-0.05, 0) is 50.4 Å². The molecule has 1 aromatic carbocycles. The molecule has 18 heavy (non-hydrogen) atoms. The summed E-state index contributed by atoms with van der Waals surface area (Å²) in [6.07, 6.45) is 3.49. The van der Waals surface area contributed by atoms with Gasteiger partial charge < -0.3 is 10.0 Å². The van der Waals surface area contributed by atoms with Crippen LogP contribution in [0.5, 0.6) is 5.75 Å². The zero-order chi connectivity index (χ0) is 13.5. The quantitative estimate of drug-likeness (QED) is 0.796. The number of phenolic OH excluding ortho intramolecular Hbond substituents is 1. The van der Waals surface area contributed by atoms with E-state index in [1.54, 1.807) is 12.1 Å². The molecule has 1 N–H and O–H groups in total. The van der Waals surface area contributed by atoms with E-state index in [1.165, 1.54) is 18.5 Å². The predicted octanol–water partition coefficient (Wildman–Crippen LogP) is 3.69. The van der Waals surface area contributed by atoms with E-state index in [9.17, 15) is 5.11 Å². The Labute approximate surface area is 112 Å². The highest BCUT2D eigenvalue weighted by molar-refractivity contribution is 5.25. The van der Waals surface area contributed by atoms with Crippen molar-refractivity contribution in [1.82, 2.24) is 4.90 Å². The monoisotopic (exact) mass is 249 g/mol. The summed E-state index contributed by atoms with van der Waals surface area (Å²) in [6.45, 7) is 8.03. The van der Waals surface area contributed by atoms with Gasteiger partial charge in [0.15, 0.2) is 0 Å². The van der Waals surface area contributed by atoms with Crippen LogP contribution < -0.4 is 0 Å². The molecule has 0 aliphatic rings. The molecule has 0 radical (unpaired) electrons. The highest BCUT2D eigenvalue weighted by atomic mass is 16.3. The zero-order valence-corrected chi connectivity index (χ0v) is 12.2. The van der Waals surface area contributed by atoms with Crippen LogP contribution in [0.3, 0.4) is 0 Å². The number of aromatic hydroxyl groups is 1. The third kappa shape index (κ3) is 5.09. The predicted molar refractivity (Wildman–Crippen MR) is 78.0 cm³/mol. The molecule has 0 spiro atoms. The van der Waals surface area contributed by atoms with Crippen LogP contribution in [0, 0.1) is 5.92 Å². The lowest BCUT2D eigenvalue weighted by atomic mass is 10.0. The molecule has 1 rings (SSSR count). The first-order valence-electron chi connectivity index (χ1n) is 7.01. The zero-order valence-electron chi connectivity index (χ0n) is 12.2. The molecule has 0 fully saturated rings. The van der Waals surface area contributed by atoms with Gasteiger partial charge in [-0.25, -0.2) is 0 Å². The van der Waals surface area contributed by atoms with Gasteiger partial charge in [0.2, 0.25) is 0 Å². The molecule has 0 bridgehead atoms. The summed E-state index contributed by atoms with van der Waals surface area (Å²) >= 11 is 0. The van der Waals surface area contributed by atoms with Crippen molar-refractivity contribution in [2.24, 2.45) is 5.92 Å². The van der Waals surface area contributed by atoms with Crippen molar-refractivity contribution in [3.8, 4) is 5.75 Å². The Morgan fingerprint density at radius 2 is 1.78 bits per heavy atom. The number of benzene rings is 1. The molecule has 0 aromatic heterocycles. The smallest absolute Gasteiger partial charge is 0.115 e. The summed E-state index contributed by atoms with van der Waals surface area (Å²) in [7, 11) is 2.22. The molecule has 1 aromatic rings. The maximum Gasteiger partial charge on any atom is 0.115 e. The molecule has 102 valence electrons. The second-order valence-corrected chi connectivity index (χ2v) is 5.51. The fraction of sp³-hybridized carbons (Fsp3) is 0.625. The molecular weight excluding hydrogens is 222 g/mol. The second-order valence-electron chi connectivity index (χ2n) is 5.51. The second kappa shape index (κ2) is 7.42. The summed E-state index contributed by atoms with van der Waals surface area (Å²) < 4.78 is 0. The van der Waals surface area contributed by atoms with Crippen LogP contribution in [0.2, 0.25) is 0 Å². The summed E-state index contributed by atoms with van der Waals surface area (Å²) in [5.74, 6) is 1.12. The Morgan fingerprint density at radius 3 is 2.33 bits per heavy atom. The van der Waals surface area contributed by atoms with Crippen LogP contribution in [0.15, 0.2) is 24.3 Å². The number of hydrogen-bond donors (Lipinski definition) is 1. The summed E-state index contributed by atoms with van der Waals surface area (Å²) in [5, 5.41) is 9.24. The van der Waals surface area contributed by atoms with Gasteiger partial charge in [0.05, 0.1) is 0 Å². The number of hydrogen-bond acceptors (Lipinski definition) is 2. The van der Waals surface area contributed by atoms with E-state index in [0.717, 1.165) is 18.8 Å². The molecule has 0 saturated heterocycles. The van der Waals surface area contributed by atoms with Gasteiger partial charge in [-0.15, -0.1) is 0 Å². The Morgan fingerprint density at radius 1 is 1.17 bits per heavy atom. The first-order valence-corrected chi connectivity index (χ1v) is 7.01. The molecule has 0 heterocycles. The first kappa shape index (κ1) is 15.0. The molecule has 0 saturated carbocycles. The van der Waals surface area contributed by atoms with Gasteiger partial charge in [-0.1, -0.05) is 32.4 Å². The molecule has 2 heteroatoms. The summed E-state index contributed by atoms with van der Waals surface area (Å²) in [6, 6.07) is 8.16. The first-order chi connectivity index (χ1) is 8.52. The average Bonchev–Trinajstić information content (AvgIpc) is 2.37. The maximum atomic E-state index is 9.24. The van der Waals surface area contributed by atoms with Gasteiger partial charge in [-0.3, -0.25) is 0 Å². The minimum atomic E-state index is 0.348. The highest BCUT2D eigenvalue weighted by Gasteiger charge is 2.11. The number of phenols is 1. The highest BCUT2D eigenvalue weighted by Crippen LogP contribution is 2.14. The van der Waals surface area contributed by atoms with E-state index in [0.29, 0.717) is 11.8 Å². The number of rotatable bonds is 7. The fourth-order valence-electron chi connectivity index (χ4n) is 2.06. The van der Waals surface area contributed by atoms with Crippen molar-refractivity contribution >= 4 is 0 Å². The minimum Gasteiger partial charge on any atom is -0.508 e. The van der Waals surface area contributed by atoms with E-state index in [1.807, 2.05) is 12.1 Å². The standard InChI is InChI=1S/C16H27NO/c1-5-13(2)12-17(4)14(3)6-7-15-8-10-16(18)11-9-15/h8-11,13-14,18H,5-7,12H2,1-4H3. The SMILES string of the molecule is CCC(C)CN(C)C(C)CCc1ccc(O)cc1. The lowest BCUT2D eigenvalue weighted by Crippen LogP contribution is -2.33. The van der Waals surface area contributed by atoms with Crippen molar-refractivity contribution < 1.29 is 5.11 Å². The van der Waals surface area contributed by atoms with Crippen LogP contribution in [0.4, 0.5) is 0 Å². The minimum absolute atomic E-state index is 0.348. The average molecular weight is 249 g/mol. The van der Waals surface area contributed by atoms with Crippen molar-refractivity contribution in [3.05, 3.63) is 29.8 Å². The van der Waals surface area contributed by atoms with Crippen molar-refractivity contribution in [1.29, 1.82) is 0 Å². The molecular formula is C16H27NO. The fourth-order valence-corrected chi connectivity index (χ4v) is 2.06. The van der Waals surface area contributed by atoms with E-state index in [-0.39, 0.29) is 0 Å². The Balaban J connectivity index is 2.36. The molecule has 2 nitrogen and oxygen atoms in total. The Kier molecular flexibility index (Phi) is 6.20. The van der Waals surface area contributed by atoms with Crippen molar-refractivity contribution in [3.63, 3.8) is 0 Å². The van der Waals surface area contributed by atoms with E-state index in [2.05, 4.69) is 32.7 Å². The maximum absolute atomic E-state index is 9.24. The van der Waals surface area contributed by atoms with Crippen molar-refractivity contribution in [2.45, 2.75) is 46.1 Å². The van der Waals surface area contributed by atoms with E-state index >= 15 is 0 Å². The lowest BCUT2D eigenvalue weighted by Gasteiger charge is -2.27. The third-order valence-electron chi connectivity index (χ3n) is 3.84. The topological polar surface area (TPSA) is 23.5 Å². The van der Waals surface area contributed by atoms with Gasteiger partial charge in [0.1, 0.15) is 5.75 Å². The van der Waals surface area contributed by atoms with Gasteiger partial charge in [0.25, 0.3) is 0 Å².